The molecule has 0 saturated carbocycles. The fourth-order valence-corrected chi connectivity index (χ4v) is 0.990. The number of aromatic nitrogens is 2. The average molecular weight is 150 g/mol. The van der Waals surface area contributed by atoms with E-state index in [-0.39, 0.29) is 0 Å². The van der Waals surface area contributed by atoms with E-state index >= 15 is 0 Å². The predicted molar refractivity (Wildman–Crippen MR) is 41.6 cm³/mol. The Morgan fingerprint density at radius 1 is 1.70 bits per heavy atom. The van der Waals surface area contributed by atoms with Crippen LogP contribution in [0.2, 0.25) is 0 Å². The fraction of sp³-hybridized carbons (Fsp3) is 0.143. The van der Waals surface area contributed by atoms with Crippen molar-refractivity contribution >= 4 is 11.8 Å². The van der Waals surface area contributed by atoms with E-state index in [2.05, 4.69) is 15.9 Å². The molecule has 1 aromatic rings. The van der Waals surface area contributed by atoms with Gasteiger partial charge in [0.2, 0.25) is 0 Å². The number of terminal acetylenes is 1. The molecule has 0 fully saturated rings. The van der Waals surface area contributed by atoms with Gasteiger partial charge < -0.3 is 0 Å². The summed E-state index contributed by atoms with van der Waals surface area (Å²) < 4.78 is 0. The first-order chi connectivity index (χ1) is 4.93. The second kappa shape index (κ2) is 3.91. The van der Waals surface area contributed by atoms with Gasteiger partial charge >= 0.3 is 0 Å². The molecule has 50 valence electrons. The molecule has 0 amide bonds. The van der Waals surface area contributed by atoms with E-state index in [4.69, 9.17) is 6.42 Å². The Morgan fingerprint density at radius 2 is 2.60 bits per heavy atom. The number of thioether (sulfide) groups is 1. The zero-order chi connectivity index (χ0) is 7.23. The number of rotatable bonds is 2. The van der Waals surface area contributed by atoms with Crippen molar-refractivity contribution in [1.82, 2.24) is 9.97 Å². The Bertz CT molecular complexity index is 227. The molecule has 0 unspecified atom stereocenters. The van der Waals surface area contributed by atoms with Gasteiger partial charge in [-0.1, -0.05) is 17.7 Å². The zero-order valence-corrected chi connectivity index (χ0v) is 6.14. The zero-order valence-electron chi connectivity index (χ0n) is 5.32. The first kappa shape index (κ1) is 7.10. The topological polar surface area (TPSA) is 25.8 Å². The van der Waals surface area contributed by atoms with Crippen LogP contribution in [-0.2, 0) is 0 Å². The quantitative estimate of drug-likeness (QED) is 0.360. The molecule has 0 atom stereocenters. The van der Waals surface area contributed by atoms with E-state index in [0.717, 1.165) is 5.03 Å². The average Bonchev–Trinajstić information content (AvgIpc) is 2.03. The van der Waals surface area contributed by atoms with Crippen LogP contribution >= 0.6 is 11.8 Å². The highest BCUT2D eigenvalue weighted by Crippen LogP contribution is 2.11. The van der Waals surface area contributed by atoms with Gasteiger partial charge in [-0.15, -0.1) is 6.42 Å². The maximum atomic E-state index is 5.06. The van der Waals surface area contributed by atoms with Crippen LogP contribution < -0.4 is 0 Å². The molecule has 0 bridgehead atoms. The molecule has 2 nitrogen and oxygen atoms in total. The first-order valence-electron chi connectivity index (χ1n) is 2.76. The fourth-order valence-electron chi connectivity index (χ4n) is 0.480. The summed E-state index contributed by atoms with van der Waals surface area (Å²) >= 11 is 1.53. The SMILES string of the molecule is C#CCSc1ccncn1. The maximum absolute atomic E-state index is 5.06. The summed E-state index contributed by atoms with van der Waals surface area (Å²) in [5, 5.41) is 0.924. The minimum atomic E-state index is 0.664. The Hall–Kier alpha value is -1.01. The van der Waals surface area contributed by atoms with Gasteiger partial charge in [-0.3, -0.25) is 0 Å². The van der Waals surface area contributed by atoms with Crippen LogP contribution in [0.4, 0.5) is 0 Å². The van der Waals surface area contributed by atoms with Gasteiger partial charge in [-0.05, 0) is 6.07 Å². The van der Waals surface area contributed by atoms with Crippen LogP contribution in [0.3, 0.4) is 0 Å². The van der Waals surface area contributed by atoms with Crippen molar-refractivity contribution in [2.75, 3.05) is 5.75 Å². The lowest BCUT2D eigenvalue weighted by Crippen LogP contribution is -1.80. The Morgan fingerprint density at radius 3 is 3.20 bits per heavy atom. The van der Waals surface area contributed by atoms with Crippen LogP contribution in [0.1, 0.15) is 0 Å². The second-order valence-electron chi connectivity index (χ2n) is 1.54. The lowest BCUT2D eigenvalue weighted by atomic mass is 10.7. The minimum absolute atomic E-state index is 0.664. The Labute approximate surface area is 64.1 Å². The molecule has 1 aromatic heterocycles. The van der Waals surface area contributed by atoms with Crippen molar-refractivity contribution in [3.8, 4) is 12.3 Å². The van der Waals surface area contributed by atoms with Gasteiger partial charge in [0.05, 0.1) is 5.75 Å². The molecule has 3 heteroatoms. The van der Waals surface area contributed by atoms with E-state index < -0.39 is 0 Å². The van der Waals surface area contributed by atoms with E-state index in [1.165, 1.54) is 18.1 Å². The lowest BCUT2D eigenvalue weighted by Gasteiger charge is -1.91. The molecule has 0 aromatic carbocycles. The molecule has 0 saturated heterocycles. The highest BCUT2D eigenvalue weighted by molar-refractivity contribution is 7.99. The third kappa shape index (κ3) is 2.08. The summed E-state index contributed by atoms with van der Waals surface area (Å²) in [6.45, 7) is 0. The molecule has 0 aliphatic carbocycles. The summed E-state index contributed by atoms with van der Waals surface area (Å²) in [6, 6.07) is 1.84. The van der Waals surface area contributed by atoms with Gasteiger partial charge in [0.1, 0.15) is 11.4 Å². The van der Waals surface area contributed by atoms with Crippen LogP contribution in [0.5, 0.6) is 0 Å². The molecule has 0 radical (unpaired) electrons. The predicted octanol–water partition coefficient (Wildman–Crippen LogP) is 1.20. The molecule has 1 rings (SSSR count). The van der Waals surface area contributed by atoms with Crippen molar-refractivity contribution in [3.05, 3.63) is 18.6 Å². The van der Waals surface area contributed by atoms with E-state index in [0.29, 0.717) is 5.75 Å². The number of nitrogens with zero attached hydrogens (tertiary/aromatic N) is 2. The number of hydrogen-bond donors (Lipinski definition) is 0. The second-order valence-corrected chi connectivity index (χ2v) is 2.54. The van der Waals surface area contributed by atoms with Gasteiger partial charge in [0, 0.05) is 6.20 Å². The highest BCUT2D eigenvalue weighted by atomic mass is 32.2. The van der Waals surface area contributed by atoms with E-state index in [1.807, 2.05) is 6.07 Å². The molecule has 0 aliphatic heterocycles. The molecule has 0 aliphatic rings. The molecular formula is C7H6N2S. The molecule has 10 heavy (non-hydrogen) atoms. The monoisotopic (exact) mass is 150 g/mol. The van der Waals surface area contributed by atoms with Gasteiger partial charge in [-0.2, -0.15) is 0 Å². The largest absolute Gasteiger partial charge is 0.245 e. The summed E-state index contributed by atoms with van der Waals surface area (Å²) in [5.74, 6) is 3.18. The maximum Gasteiger partial charge on any atom is 0.116 e. The normalized spacial score (nSPS) is 8.70. The van der Waals surface area contributed by atoms with Crippen LogP contribution in [0, 0.1) is 12.3 Å². The molecule has 0 spiro atoms. The summed E-state index contributed by atoms with van der Waals surface area (Å²) in [6.07, 6.45) is 8.28. The Kier molecular flexibility index (Phi) is 2.78. The molecule has 0 N–H and O–H groups in total. The third-order valence-electron chi connectivity index (χ3n) is 0.858. The number of hydrogen-bond acceptors (Lipinski definition) is 3. The highest BCUT2D eigenvalue weighted by Gasteiger charge is 1.88. The third-order valence-corrected chi connectivity index (χ3v) is 1.71. The first-order valence-corrected chi connectivity index (χ1v) is 3.74. The van der Waals surface area contributed by atoms with E-state index in [9.17, 15) is 0 Å². The van der Waals surface area contributed by atoms with Crippen molar-refractivity contribution in [2.45, 2.75) is 5.03 Å². The smallest absolute Gasteiger partial charge is 0.116 e. The van der Waals surface area contributed by atoms with Crippen LogP contribution in [-0.4, -0.2) is 15.7 Å². The van der Waals surface area contributed by atoms with Crippen LogP contribution in [0.15, 0.2) is 23.6 Å². The van der Waals surface area contributed by atoms with Crippen molar-refractivity contribution in [2.24, 2.45) is 0 Å². The van der Waals surface area contributed by atoms with Gasteiger partial charge in [0.15, 0.2) is 0 Å². The lowest BCUT2D eigenvalue weighted by molar-refractivity contribution is 1.05. The van der Waals surface area contributed by atoms with Gasteiger partial charge in [0.25, 0.3) is 0 Å². The minimum Gasteiger partial charge on any atom is -0.245 e. The van der Waals surface area contributed by atoms with Crippen molar-refractivity contribution in [3.63, 3.8) is 0 Å². The summed E-state index contributed by atoms with van der Waals surface area (Å²) in [5.41, 5.74) is 0. The summed E-state index contributed by atoms with van der Waals surface area (Å²) in [7, 11) is 0. The standard InChI is InChI=1S/C7H6N2S/c1-2-5-10-7-3-4-8-6-9-7/h1,3-4,6H,5H2. The van der Waals surface area contributed by atoms with E-state index in [1.54, 1.807) is 6.20 Å². The van der Waals surface area contributed by atoms with Crippen molar-refractivity contribution < 1.29 is 0 Å². The summed E-state index contributed by atoms with van der Waals surface area (Å²) in [4.78, 5) is 7.75. The molecule has 1 heterocycles. The molecular weight excluding hydrogens is 144 g/mol. The van der Waals surface area contributed by atoms with Crippen LogP contribution in [0.25, 0.3) is 0 Å². The Balaban J connectivity index is 2.52. The van der Waals surface area contributed by atoms with Crippen molar-refractivity contribution in [1.29, 1.82) is 0 Å². The van der Waals surface area contributed by atoms with Gasteiger partial charge in [-0.25, -0.2) is 9.97 Å².